The van der Waals surface area contributed by atoms with Crippen molar-refractivity contribution in [3.63, 3.8) is 0 Å². The Balaban J connectivity index is 1.87. The molecule has 2 rings (SSSR count). The first-order valence-corrected chi connectivity index (χ1v) is 5.58. The Labute approximate surface area is 87.6 Å². The maximum absolute atomic E-state index is 5.31. The van der Waals surface area contributed by atoms with Crippen LogP contribution in [-0.4, -0.2) is 0 Å². The minimum atomic E-state index is 0.268. The summed E-state index contributed by atoms with van der Waals surface area (Å²) in [5.74, 6) is 0.986. The predicted molar refractivity (Wildman–Crippen MR) is 58.3 cm³/mol. The second-order valence-corrected chi connectivity index (χ2v) is 4.03. The van der Waals surface area contributed by atoms with E-state index in [1.165, 1.54) is 5.56 Å². The molecule has 0 saturated heterocycles. The lowest BCUT2D eigenvalue weighted by Crippen LogP contribution is -2.17. The van der Waals surface area contributed by atoms with Gasteiger partial charge in [-0.25, -0.2) is 0 Å². The maximum atomic E-state index is 5.31. The Morgan fingerprint density at radius 1 is 1.50 bits per heavy atom. The van der Waals surface area contributed by atoms with Crippen LogP contribution in [0.25, 0.3) is 0 Å². The third kappa shape index (κ3) is 2.25. The molecule has 2 aromatic heterocycles. The highest BCUT2D eigenvalue weighted by Gasteiger charge is 2.06. The molecule has 0 aliphatic heterocycles. The van der Waals surface area contributed by atoms with Gasteiger partial charge in [0.05, 0.1) is 12.3 Å². The van der Waals surface area contributed by atoms with Gasteiger partial charge in [-0.1, -0.05) is 0 Å². The molecule has 2 nitrogen and oxygen atoms in total. The third-order valence-corrected chi connectivity index (χ3v) is 2.89. The smallest absolute Gasteiger partial charge is 0.120 e. The van der Waals surface area contributed by atoms with E-state index >= 15 is 0 Å². The van der Waals surface area contributed by atoms with Crippen molar-refractivity contribution in [3.8, 4) is 0 Å². The number of hydrogen-bond acceptors (Lipinski definition) is 3. The summed E-state index contributed by atoms with van der Waals surface area (Å²) in [5, 5.41) is 7.65. The van der Waals surface area contributed by atoms with E-state index in [9.17, 15) is 0 Å². The van der Waals surface area contributed by atoms with E-state index in [1.54, 1.807) is 17.6 Å². The van der Waals surface area contributed by atoms with Gasteiger partial charge < -0.3 is 9.73 Å². The molecule has 0 fully saturated rings. The lowest BCUT2D eigenvalue weighted by molar-refractivity contribution is 0.430. The van der Waals surface area contributed by atoms with Crippen molar-refractivity contribution in [1.29, 1.82) is 0 Å². The molecule has 74 valence electrons. The van der Waals surface area contributed by atoms with Crippen molar-refractivity contribution >= 4 is 11.3 Å². The van der Waals surface area contributed by atoms with Crippen molar-refractivity contribution in [3.05, 3.63) is 46.5 Å². The van der Waals surface area contributed by atoms with Crippen LogP contribution in [0.1, 0.15) is 24.3 Å². The summed E-state index contributed by atoms with van der Waals surface area (Å²) in [7, 11) is 0. The van der Waals surface area contributed by atoms with Crippen LogP contribution in [-0.2, 0) is 6.54 Å². The molecule has 0 amide bonds. The lowest BCUT2D eigenvalue weighted by atomic mass is 10.2. The summed E-state index contributed by atoms with van der Waals surface area (Å²) < 4.78 is 5.31. The Hall–Kier alpha value is -1.06. The summed E-state index contributed by atoms with van der Waals surface area (Å²) in [6, 6.07) is 6.31. The monoisotopic (exact) mass is 207 g/mol. The number of rotatable bonds is 4. The number of hydrogen-bond donors (Lipinski definition) is 1. The molecule has 14 heavy (non-hydrogen) atoms. The highest BCUT2D eigenvalue weighted by atomic mass is 32.1. The van der Waals surface area contributed by atoms with Crippen molar-refractivity contribution in [2.75, 3.05) is 0 Å². The van der Waals surface area contributed by atoms with Gasteiger partial charge in [0.25, 0.3) is 0 Å². The molecular formula is C11H13NOS. The minimum Gasteiger partial charge on any atom is -0.468 e. The molecule has 0 spiro atoms. The van der Waals surface area contributed by atoms with Gasteiger partial charge >= 0.3 is 0 Å². The maximum Gasteiger partial charge on any atom is 0.120 e. The zero-order valence-electron chi connectivity index (χ0n) is 8.07. The van der Waals surface area contributed by atoms with Gasteiger partial charge in [0, 0.05) is 6.54 Å². The summed E-state index contributed by atoms with van der Waals surface area (Å²) in [6.45, 7) is 3.00. The second kappa shape index (κ2) is 4.44. The third-order valence-electron chi connectivity index (χ3n) is 2.16. The largest absolute Gasteiger partial charge is 0.468 e. The Morgan fingerprint density at radius 2 is 2.43 bits per heavy atom. The predicted octanol–water partition coefficient (Wildman–Crippen LogP) is 3.19. The van der Waals surface area contributed by atoms with Crippen molar-refractivity contribution < 1.29 is 4.42 Å². The number of nitrogens with one attached hydrogen (secondary N) is 1. The Bertz CT molecular complexity index is 353. The van der Waals surface area contributed by atoms with Crippen molar-refractivity contribution in [2.24, 2.45) is 0 Å². The Kier molecular flexibility index (Phi) is 3.01. The number of furan rings is 1. The number of thiophene rings is 1. The average Bonchev–Trinajstić information content (AvgIpc) is 2.87. The standard InChI is InChI=1S/C11H13NOS/c1-9(11-3-2-5-13-11)12-7-10-4-6-14-8-10/h2-6,8-9,12H,7H2,1H3/t9-/m1/s1. The molecule has 3 heteroatoms. The van der Waals surface area contributed by atoms with Crippen LogP contribution in [0.3, 0.4) is 0 Å². The molecule has 2 aromatic rings. The molecule has 0 saturated carbocycles. The first-order valence-electron chi connectivity index (χ1n) is 4.64. The normalized spacial score (nSPS) is 12.9. The van der Waals surface area contributed by atoms with E-state index < -0.39 is 0 Å². The molecular weight excluding hydrogens is 194 g/mol. The summed E-state index contributed by atoms with van der Waals surface area (Å²) in [6.07, 6.45) is 1.71. The van der Waals surface area contributed by atoms with Crippen LogP contribution in [0.15, 0.2) is 39.6 Å². The zero-order chi connectivity index (χ0) is 9.80. The van der Waals surface area contributed by atoms with E-state index in [0.717, 1.165) is 12.3 Å². The van der Waals surface area contributed by atoms with E-state index in [0.29, 0.717) is 0 Å². The van der Waals surface area contributed by atoms with Crippen molar-refractivity contribution in [1.82, 2.24) is 5.32 Å². The van der Waals surface area contributed by atoms with Gasteiger partial charge in [0.2, 0.25) is 0 Å². The second-order valence-electron chi connectivity index (χ2n) is 3.25. The van der Waals surface area contributed by atoms with Crippen LogP contribution >= 0.6 is 11.3 Å². The van der Waals surface area contributed by atoms with Crippen LogP contribution in [0.4, 0.5) is 0 Å². The van der Waals surface area contributed by atoms with Gasteiger partial charge in [-0.3, -0.25) is 0 Å². The highest BCUT2D eigenvalue weighted by molar-refractivity contribution is 7.07. The summed E-state index contributed by atoms with van der Waals surface area (Å²) in [5.41, 5.74) is 1.33. The highest BCUT2D eigenvalue weighted by Crippen LogP contribution is 2.13. The molecule has 1 atom stereocenters. The van der Waals surface area contributed by atoms with Crippen LogP contribution < -0.4 is 5.32 Å². The van der Waals surface area contributed by atoms with Crippen LogP contribution in [0.2, 0.25) is 0 Å². The molecule has 0 bridgehead atoms. The van der Waals surface area contributed by atoms with E-state index in [-0.39, 0.29) is 6.04 Å². The van der Waals surface area contributed by atoms with Gasteiger partial charge in [-0.15, -0.1) is 0 Å². The van der Waals surface area contributed by atoms with E-state index in [1.807, 2.05) is 12.1 Å². The summed E-state index contributed by atoms with van der Waals surface area (Å²) in [4.78, 5) is 0. The Morgan fingerprint density at radius 3 is 3.07 bits per heavy atom. The van der Waals surface area contributed by atoms with E-state index in [2.05, 4.69) is 29.1 Å². The molecule has 0 aliphatic rings. The molecule has 0 unspecified atom stereocenters. The quantitative estimate of drug-likeness (QED) is 0.833. The minimum absolute atomic E-state index is 0.268. The van der Waals surface area contributed by atoms with Gasteiger partial charge in [-0.2, -0.15) is 11.3 Å². The molecule has 1 N–H and O–H groups in total. The molecule has 0 radical (unpaired) electrons. The first kappa shape index (κ1) is 9.49. The van der Waals surface area contributed by atoms with Crippen molar-refractivity contribution in [2.45, 2.75) is 19.5 Å². The fraction of sp³-hybridized carbons (Fsp3) is 0.273. The SMILES string of the molecule is C[C@@H](NCc1ccsc1)c1ccco1. The molecule has 0 aliphatic carbocycles. The first-order chi connectivity index (χ1) is 6.86. The molecule has 0 aromatic carbocycles. The van der Waals surface area contributed by atoms with Gasteiger partial charge in [0.1, 0.15) is 5.76 Å². The van der Waals surface area contributed by atoms with Crippen LogP contribution in [0, 0.1) is 0 Å². The van der Waals surface area contributed by atoms with Crippen LogP contribution in [0.5, 0.6) is 0 Å². The molecule has 2 heterocycles. The average molecular weight is 207 g/mol. The van der Waals surface area contributed by atoms with Gasteiger partial charge in [0.15, 0.2) is 0 Å². The topological polar surface area (TPSA) is 25.2 Å². The zero-order valence-corrected chi connectivity index (χ0v) is 8.88. The fourth-order valence-corrected chi connectivity index (χ4v) is 1.97. The van der Waals surface area contributed by atoms with Gasteiger partial charge in [-0.05, 0) is 41.4 Å². The summed E-state index contributed by atoms with van der Waals surface area (Å²) >= 11 is 1.73. The van der Waals surface area contributed by atoms with E-state index in [4.69, 9.17) is 4.42 Å². The fourth-order valence-electron chi connectivity index (χ4n) is 1.30. The lowest BCUT2D eigenvalue weighted by Gasteiger charge is -2.09.